The van der Waals surface area contributed by atoms with Gasteiger partial charge in [-0.15, -0.1) is 0 Å². The van der Waals surface area contributed by atoms with E-state index in [1.807, 2.05) is 0 Å². The highest BCUT2D eigenvalue weighted by molar-refractivity contribution is 5.80. The summed E-state index contributed by atoms with van der Waals surface area (Å²) in [6.45, 7) is 3.35. The quantitative estimate of drug-likeness (QED) is 0.794. The third kappa shape index (κ3) is 1.75. The molecule has 0 aromatic carbocycles. The van der Waals surface area contributed by atoms with Gasteiger partial charge in [-0.2, -0.15) is 0 Å². The highest BCUT2D eigenvalue weighted by Gasteiger charge is 2.51. The summed E-state index contributed by atoms with van der Waals surface area (Å²) < 4.78 is 0. The van der Waals surface area contributed by atoms with Crippen molar-refractivity contribution in [1.82, 2.24) is 4.90 Å². The van der Waals surface area contributed by atoms with Crippen molar-refractivity contribution in [1.29, 1.82) is 0 Å². The summed E-state index contributed by atoms with van der Waals surface area (Å²) in [7, 11) is 0. The minimum absolute atomic E-state index is 0.0140. The summed E-state index contributed by atoms with van der Waals surface area (Å²) in [6.07, 6.45) is 7.23. The predicted octanol–water partition coefficient (Wildman–Crippen LogP) is 1.94. The van der Waals surface area contributed by atoms with Gasteiger partial charge in [0.25, 0.3) is 0 Å². The molecule has 2 saturated heterocycles. The lowest BCUT2D eigenvalue weighted by Crippen LogP contribution is -2.55. The highest BCUT2D eigenvalue weighted by Crippen LogP contribution is 2.45. The standard InChI is InChI=1S/C13H23NO2/c1-2-3-7-13-8-6-12(16)14(13)9-4-5-11(13)10-15/h11,15H,2-10H2,1H3/t11-,13-/m0/s1. The molecule has 0 radical (unpaired) electrons. The van der Waals surface area contributed by atoms with Crippen LogP contribution in [0.2, 0.25) is 0 Å². The topological polar surface area (TPSA) is 40.5 Å². The lowest BCUT2D eigenvalue weighted by Gasteiger charge is -2.48. The van der Waals surface area contributed by atoms with Crippen LogP contribution in [0.4, 0.5) is 0 Å². The molecule has 0 unspecified atom stereocenters. The van der Waals surface area contributed by atoms with Crippen LogP contribution >= 0.6 is 0 Å². The summed E-state index contributed by atoms with van der Waals surface area (Å²) in [5.74, 6) is 0.633. The van der Waals surface area contributed by atoms with Crippen molar-refractivity contribution < 1.29 is 9.90 Å². The Bertz CT molecular complexity index is 267. The average Bonchev–Trinajstić information content (AvgIpc) is 2.65. The van der Waals surface area contributed by atoms with Gasteiger partial charge in [-0.3, -0.25) is 4.79 Å². The van der Waals surface area contributed by atoms with Crippen molar-refractivity contribution in [2.24, 2.45) is 5.92 Å². The van der Waals surface area contributed by atoms with Gasteiger partial charge in [-0.05, 0) is 25.7 Å². The number of carbonyl (C=O) groups is 1. The molecule has 3 heteroatoms. The van der Waals surface area contributed by atoms with Gasteiger partial charge >= 0.3 is 0 Å². The van der Waals surface area contributed by atoms with Gasteiger partial charge in [0.05, 0.1) is 0 Å². The lowest BCUT2D eigenvalue weighted by atomic mass is 9.73. The zero-order chi connectivity index (χ0) is 11.6. The minimum Gasteiger partial charge on any atom is -0.396 e. The Morgan fingerprint density at radius 1 is 1.56 bits per heavy atom. The maximum atomic E-state index is 11.9. The van der Waals surface area contributed by atoms with Crippen LogP contribution in [0.3, 0.4) is 0 Å². The van der Waals surface area contributed by atoms with Crippen LogP contribution < -0.4 is 0 Å². The van der Waals surface area contributed by atoms with E-state index in [9.17, 15) is 9.90 Å². The van der Waals surface area contributed by atoms with Crippen LogP contribution in [0.5, 0.6) is 0 Å². The predicted molar refractivity (Wildman–Crippen MR) is 63.0 cm³/mol. The smallest absolute Gasteiger partial charge is 0.223 e. The summed E-state index contributed by atoms with van der Waals surface area (Å²) in [5, 5.41) is 9.55. The van der Waals surface area contributed by atoms with E-state index in [0.29, 0.717) is 18.2 Å². The Hall–Kier alpha value is -0.570. The molecule has 16 heavy (non-hydrogen) atoms. The van der Waals surface area contributed by atoms with Gasteiger partial charge < -0.3 is 10.0 Å². The van der Waals surface area contributed by atoms with Crippen molar-refractivity contribution in [2.45, 2.75) is 57.4 Å². The van der Waals surface area contributed by atoms with Gasteiger partial charge in [0.1, 0.15) is 0 Å². The van der Waals surface area contributed by atoms with E-state index in [-0.39, 0.29) is 12.1 Å². The molecule has 3 nitrogen and oxygen atoms in total. The van der Waals surface area contributed by atoms with Gasteiger partial charge in [-0.1, -0.05) is 19.8 Å². The maximum Gasteiger partial charge on any atom is 0.223 e. The van der Waals surface area contributed by atoms with Crippen LogP contribution in [0.25, 0.3) is 0 Å². The molecule has 2 aliphatic heterocycles. The number of unbranched alkanes of at least 4 members (excludes halogenated alkanes) is 1. The molecule has 1 amide bonds. The van der Waals surface area contributed by atoms with Crippen LogP contribution in [0.15, 0.2) is 0 Å². The van der Waals surface area contributed by atoms with Gasteiger partial charge in [0.2, 0.25) is 5.91 Å². The van der Waals surface area contributed by atoms with E-state index in [1.54, 1.807) is 0 Å². The average molecular weight is 225 g/mol. The summed E-state index contributed by atoms with van der Waals surface area (Å²) in [4.78, 5) is 14.0. The molecule has 92 valence electrons. The molecule has 2 heterocycles. The fraction of sp³-hybridized carbons (Fsp3) is 0.923. The number of nitrogens with zero attached hydrogens (tertiary/aromatic N) is 1. The first kappa shape index (κ1) is 11.9. The number of hydrogen-bond donors (Lipinski definition) is 1. The third-order valence-electron chi connectivity index (χ3n) is 4.49. The number of carbonyl (C=O) groups excluding carboxylic acids is 1. The Balaban J connectivity index is 2.20. The lowest BCUT2D eigenvalue weighted by molar-refractivity contribution is -0.136. The molecule has 0 aromatic rings. The van der Waals surface area contributed by atoms with Crippen LogP contribution in [-0.2, 0) is 4.79 Å². The van der Waals surface area contributed by atoms with Gasteiger partial charge in [0.15, 0.2) is 0 Å². The minimum atomic E-state index is 0.0140. The first-order valence-corrected chi connectivity index (χ1v) is 6.66. The second-order valence-corrected chi connectivity index (χ2v) is 5.27. The second kappa shape index (κ2) is 4.74. The van der Waals surface area contributed by atoms with E-state index in [0.717, 1.165) is 32.2 Å². The molecule has 0 saturated carbocycles. The number of amides is 1. The summed E-state index contributed by atoms with van der Waals surface area (Å²) in [6, 6.07) is 0. The van der Waals surface area contributed by atoms with Gasteiger partial charge in [-0.25, -0.2) is 0 Å². The highest BCUT2D eigenvalue weighted by atomic mass is 16.3. The molecule has 0 spiro atoms. The largest absolute Gasteiger partial charge is 0.396 e. The monoisotopic (exact) mass is 225 g/mol. The van der Waals surface area contributed by atoms with Crippen molar-refractivity contribution in [3.8, 4) is 0 Å². The number of fused-ring (bicyclic) bond motifs is 1. The Kier molecular flexibility index (Phi) is 3.53. The van der Waals surface area contributed by atoms with Gasteiger partial charge in [0, 0.05) is 31.0 Å². The Morgan fingerprint density at radius 3 is 3.06 bits per heavy atom. The van der Waals surface area contributed by atoms with Crippen LogP contribution in [0.1, 0.15) is 51.9 Å². The van der Waals surface area contributed by atoms with Crippen LogP contribution in [0, 0.1) is 5.92 Å². The molecule has 2 rings (SSSR count). The van der Waals surface area contributed by atoms with Crippen molar-refractivity contribution >= 4 is 5.91 Å². The van der Waals surface area contributed by atoms with E-state index < -0.39 is 0 Å². The molecule has 2 aliphatic rings. The third-order valence-corrected chi connectivity index (χ3v) is 4.49. The zero-order valence-corrected chi connectivity index (χ0v) is 10.2. The second-order valence-electron chi connectivity index (χ2n) is 5.27. The fourth-order valence-electron chi connectivity index (χ4n) is 3.59. The summed E-state index contributed by atoms with van der Waals surface area (Å²) in [5.41, 5.74) is 0.0140. The first-order valence-electron chi connectivity index (χ1n) is 6.66. The molecule has 2 atom stereocenters. The van der Waals surface area contributed by atoms with E-state index in [4.69, 9.17) is 0 Å². The molecule has 2 fully saturated rings. The zero-order valence-electron chi connectivity index (χ0n) is 10.2. The molecule has 0 bridgehead atoms. The first-order chi connectivity index (χ1) is 7.74. The van der Waals surface area contributed by atoms with E-state index in [2.05, 4.69) is 11.8 Å². The van der Waals surface area contributed by atoms with Crippen molar-refractivity contribution in [3.05, 3.63) is 0 Å². The van der Waals surface area contributed by atoms with Crippen molar-refractivity contribution in [2.75, 3.05) is 13.2 Å². The fourth-order valence-corrected chi connectivity index (χ4v) is 3.59. The SMILES string of the molecule is CCCC[C@@]12CCC(=O)N1CCC[C@H]2CO. The number of aliphatic hydroxyl groups is 1. The molecular weight excluding hydrogens is 202 g/mol. The Labute approximate surface area is 97.8 Å². The number of piperidine rings is 1. The van der Waals surface area contributed by atoms with Crippen LogP contribution in [-0.4, -0.2) is 34.6 Å². The van der Waals surface area contributed by atoms with E-state index in [1.165, 1.54) is 12.8 Å². The van der Waals surface area contributed by atoms with E-state index >= 15 is 0 Å². The number of hydrogen-bond acceptors (Lipinski definition) is 2. The molecule has 0 aromatic heterocycles. The molecule has 0 aliphatic carbocycles. The normalized spacial score (nSPS) is 34.2. The number of aliphatic hydroxyl groups excluding tert-OH is 1. The molecule has 1 N–H and O–H groups in total. The number of rotatable bonds is 4. The summed E-state index contributed by atoms with van der Waals surface area (Å²) >= 11 is 0. The Morgan fingerprint density at radius 2 is 2.38 bits per heavy atom. The molecular formula is C13H23NO2. The maximum absolute atomic E-state index is 11.9. The van der Waals surface area contributed by atoms with Crippen molar-refractivity contribution in [3.63, 3.8) is 0 Å².